The topological polar surface area (TPSA) is 44.4 Å². The highest BCUT2D eigenvalue weighted by Crippen LogP contribution is 2.27. The number of nitrogens with zero attached hydrogens (tertiary/aromatic N) is 1. The van der Waals surface area contributed by atoms with Crippen molar-refractivity contribution < 1.29 is 13.6 Å². The van der Waals surface area contributed by atoms with Crippen LogP contribution < -0.4 is 10.6 Å². The molecule has 1 saturated heterocycles. The van der Waals surface area contributed by atoms with Crippen molar-refractivity contribution in [2.75, 3.05) is 25.5 Å². The third-order valence-electron chi connectivity index (χ3n) is 5.48. The molecule has 0 unspecified atom stereocenters. The van der Waals surface area contributed by atoms with Crippen LogP contribution in [0.15, 0.2) is 36.4 Å². The maximum atomic E-state index is 13.4. The van der Waals surface area contributed by atoms with Gasteiger partial charge in [-0.15, -0.1) is 0 Å². The number of piperidine rings is 1. The number of carbonyl (C=O) groups excluding carboxylic acids is 1. The fourth-order valence-corrected chi connectivity index (χ4v) is 3.79. The number of nitrogens with one attached hydrogen (secondary N) is 2. The number of aryl methyl sites for hydroxylation is 1. The summed E-state index contributed by atoms with van der Waals surface area (Å²) < 4.78 is 26.5. The van der Waals surface area contributed by atoms with E-state index in [4.69, 9.17) is 0 Å². The van der Waals surface area contributed by atoms with E-state index in [0.717, 1.165) is 61.3 Å². The molecule has 2 N–H and O–H groups in total. The second-order valence-electron chi connectivity index (χ2n) is 7.48. The van der Waals surface area contributed by atoms with Gasteiger partial charge in [-0.05, 0) is 80.1 Å². The van der Waals surface area contributed by atoms with E-state index in [2.05, 4.69) is 28.5 Å². The third-order valence-corrected chi connectivity index (χ3v) is 5.48. The predicted molar refractivity (Wildman–Crippen MR) is 107 cm³/mol. The van der Waals surface area contributed by atoms with Crippen LogP contribution in [0.4, 0.5) is 19.3 Å². The van der Waals surface area contributed by atoms with Gasteiger partial charge in [-0.2, -0.15) is 0 Å². The van der Waals surface area contributed by atoms with Crippen LogP contribution >= 0.6 is 0 Å². The SMILES string of the molecule is CNC(=O)Nc1cccc(C)c1CN1CCC(Cc2ccc(F)c(F)c2)CC1. The fourth-order valence-electron chi connectivity index (χ4n) is 3.79. The van der Waals surface area contributed by atoms with E-state index < -0.39 is 11.6 Å². The number of hydrogen-bond donors (Lipinski definition) is 2. The number of rotatable bonds is 5. The first-order valence-corrected chi connectivity index (χ1v) is 9.69. The average Bonchev–Trinajstić information content (AvgIpc) is 2.68. The largest absolute Gasteiger partial charge is 0.341 e. The lowest BCUT2D eigenvalue weighted by molar-refractivity contribution is 0.177. The van der Waals surface area contributed by atoms with E-state index >= 15 is 0 Å². The first-order chi connectivity index (χ1) is 13.5. The molecule has 150 valence electrons. The van der Waals surface area contributed by atoms with Crippen LogP contribution in [0.1, 0.15) is 29.5 Å². The first kappa shape index (κ1) is 20.3. The van der Waals surface area contributed by atoms with Crippen LogP contribution in [0.5, 0.6) is 0 Å². The Bertz CT molecular complexity index is 833. The molecule has 28 heavy (non-hydrogen) atoms. The molecule has 0 radical (unpaired) electrons. The number of benzene rings is 2. The van der Waals surface area contributed by atoms with Gasteiger partial charge in [0.05, 0.1) is 0 Å². The van der Waals surface area contributed by atoms with Gasteiger partial charge in [0, 0.05) is 19.3 Å². The molecule has 4 nitrogen and oxygen atoms in total. The molecule has 6 heteroatoms. The third kappa shape index (κ3) is 5.07. The fraction of sp³-hybridized carbons (Fsp3) is 0.409. The Hall–Kier alpha value is -2.47. The van der Waals surface area contributed by atoms with Gasteiger partial charge in [0.2, 0.25) is 0 Å². The molecule has 0 aromatic heterocycles. The Labute approximate surface area is 164 Å². The molecule has 0 atom stereocenters. The molecular weight excluding hydrogens is 360 g/mol. The van der Waals surface area contributed by atoms with Crippen molar-refractivity contribution in [2.24, 2.45) is 5.92 Å². The Balaban J connectivity index is 1.58. The van der Waals surface area contributed by atoms with E-state index in [9.17, 15) is 13.6 Å². The second-order valence-corrected chi connectivity index (χ2v) is 7.48. The van der Waals surface area contributed by atoms with Crippen LogP contribution in [0.3, 0.4) is 0 Å². The Morgan fingerprint density at radius 2 is 1.89 bits per heavy atom. The lowest BCUT2D eigenvalue weighted by Gasteiger charge is -2.33. The molecular formula is C22H27F2N3O. The van der Waals surface area contributed by atoms with Crippen molar-refractivity contribution >= 4 is 11.7 Å². The number of likely N-dealkylation sites (tertiary alicyclic amines) is 1. The van der Waals surface area contributed by atoms with Crippen molar-refractivity contribution in [3.8, 4) is 0 Å². The number of carbonyl (C=O) groups is 1. The molecule has 3 rings (SSSR count). The minimum Gasteiger partial charge on any atom is -0.341 e. The van der Waals surface area contributed by atoms with Crippen LogP contribution in [0.25, 0.3) is 0 Å². The van der Waals surface area contributed by atoms with Gasteiger partial charge in [0.15, 0.2) is 11.6 Å². The van der Waals surface area contributed by atoms with E-state index in [-0.39, 0.29) is 6.03 Å². The average molecular weight is 387 g/mol. The highest BCUT2D eigenvalue weighted by molar-refractivity contribution is 5.90. The van der Waals surface area contributed by atoms with Crippen molar-refractivity contribution in [2.45, 2.75) is 32.7 Å². The summed E-state index contributed by atoms with van der Waals surface area (Å²) in [4.78, 5) is 14.1. The van der Waals surface area contributed by atoms with E-state index in [0.29, 0.717) is 5.92 Å². The van der Waals surface area contributed by atoms with Crippen molar-refractivity contribution in [1.29, 1.82) is 0 Å². The Morgan fingerprint density at radius 1 is 1.14 bits per heavy atom. The van der Waals surface area contributed by atoms with Gasteiger partial charge in [-0.1, -0.05) is 18.2 Å². The van der Waals surface area contributed by atoms with E-state index in [1.165, 1.54) is 12.1 Å². The minimum absolute atomic E-state index is 0.225. The Kier molecular flexibility index (Phi) is 6.62. The molecule has 1 aliphatic heterocycles. The van der Waals surface area contributed by atoms with Crippen LogP contribution in [0, 0.1) is 24.5 Å². The first-order valence-electron chi connectivity index (χ1n) is 9.69. The van der Waals surface area contributed by atoms with Crippen molar-refractivity contribution in [3.05, 3.63) is 64.7 Å². The molecule has 1 aliphatic rings. The second kappa shape index (κ2) is 9.15. The van der Waals surface area contributed by atoms with Crippen molar-refractivity contribution in [3.63, 3.8) is 0 Å². The van der Waals surface area contributed by atoms with E-state index in [1.54, 1.807) is 13.1 Å². The predicted octanol–water partition coefficient (Wildman–Crippen LogP) is 4.48. The molecule has 0 spiro atoms. The zero-order valence-electron chi connectivity index (χ0n) is 16.4. The van der Waals surface area contributed by atoms with E-state index in [1.807, 2.05) is 12.1 Å². The smallest absolute Gasteiger partial charge is 0.318 e. The Morgan fingerprint density at radius 3 is 2.57 bits per heavy atom. The highest BCUT2D eigenvalue weighted by Gasteiger charge is 2.21. The summed E-state index contributed by atoms with van der Waals surface area (Å²) in [6.07, 6.45) is 2.81. The standard InChI is InChI=1S/C22H27F2N3O/c1-15-4-3-5-21(26-22(28)25-2)18(15)14-27-10-8-16(9-11-27)12-17-6-7-19(23)20(24)13-17/h3-7,13,16H,8-12,14H2,1-2H3,(H2,25,26,28). The summed E-state index contributed by atoms with van der Waals surface area (Å²) in [6.45, 7) is 4.73. The number of hydrogen-bond acceptors (Lipinski definition) is 2. The zero-order chi connectivity index (χ0) is 20.1. The molecule has 2 amide bonds. The number of urea groups is 1. The molecule has 1 fully saturated rings. The lowest BCUT2D eigenvalue weighted by Crippen LogP contribution is -2.34. The molecule has 2 aromatic rings. The van der Waals surface area contributed by atoms with Crippen molar-refractivity contribution in [1.82, 2.24) is 10.2 Å². The molecule has 0 saturated carbocycles. The van der Waals surface area contributed by atoms with Gasteiger partial charge in [-0.3, -0.25) is 4.90 Å². The summed E-state index contributed by atoms with van der Waals surface area (Å²) in [5.74, 6) is -1.09. The molecule has 0 bridgehead atoms. The summed E-state index contributed by atoms with van der Waals surface area (Å²) in [6, 6.07) is 9.89. The van der Waals surface area contributed by atoms with Crippen LogP contribution in [0.2, 0.25) is 0 Å². The normalized spacial score (nSPS) is 15.4. The van der Waals surface area contributed by atoms with Gasteiger partial charge >= 0.3 is 6.03 Å². The lowest BCUT2D eigenvalue weighted by atomic mass is 9.90. The number of amides is 2. The minimum atomic E-state index is -0.794. The number of anilines is 1. The highest BCUT2D eigenvalue weighted by atomic mass is 19.2. The van der Waals surface area contributed by atoms with Gasteiger partial charge in [0.25, 0.3) is 0 Å². The van der Waals surface area contributed by atoms with Gasteiger partial charge in [-0.25, -0.2) is 13.6 Å². The summed E-state index contributed by atoms with van der Waals surface area (Å²) >= 11 is 0. The van der Waals surface area contributed by atoms with Crippen LogP contribution in [-0.2, 0) is 13.0 Å². The molecule has 1 heterocycles. The quantitative estimate of drug-likeness (QED) is 0.795. The molecule has 2 aromatic carbocycles. The summed E-state index contributed by atoms with van der Waals surface area (Å²) in [7, 11) is 1.60. The van der Waals surface area contributed by atoms with Gasteiger partial charge < -0.3 is 10.6 Å². The zero-order valence-corrected chi connectivity index (χ0v) is 16.4. The summed E-state index contributed by atoms with van der Waals surface area (Å²) in [5.41, 5.74) is 3.97. The van der Waals surface area contributed by atoms with Gasteiger partial charge in [0.1, 0.15) is 0 Å². The summed E-state index contributed by atoms with van der Waals surface area (Å²) in [5, 5.41) is 5.49. The maximum absolute atomic E-state index is 13.4. The van der Waals surface area contributed by atoms with Crippen LogP contribution in [-0.4, -0.2) is 31.1 Å². The monoisotopic (exact) mass is 387 g/mol. The number of halogens is 2. The molecule has 0 aliphatic carbocycles. The maximum Gasteiger partial charge on any atom is 0.318 e.